The van der Waals surface area contributed by atoms with Crippen LogP contribution in [0.4, 0.5) is 4.79 Å². The Morgan fingerprint density at radius 3 is 2.26 bits per heavy atom. The Kier molecular flexibility index (Phi) is 7.43. The zero-order chi connectivity index (χ0) is 22.2. The van der Waals surface area contributed by atoms with Gasteiger partial charge in [-0.25, -0.2) is 4.79 Å². The van der Waals surface area contributed by atoms with Crippen molar-refractivity contribution in [1.82, 2.24) is 10.6 Å². The Balaban J connectivity index is 1.46. The van der Waals surface area contributed by atoms with E-state index in [-0.39, 0.29) is 25.5 Å². The van der Waals surface area contributed by atoms with Crippen LogP contribution in [0.25, 0.3) is 11.1 Å². The molecule has 3 rings (SSSR count). The fraction of sp³-hybridized carbons (Fsp3) is 0.292. The lowest BCUT2D eigenvalue weighted by Crippen LogP contribution is -2.35. The second kappa shape index (κ2) is 10.4. The fourth-order valence-corrected chi connectivity index (χ4v) is 3.72. The fourth-order valence-electron chi connectivity index (χ4n) is 3.72. The lowest BCUT2D eigenvalue weighted by atomic mass is 9.98. The van der Waals surface area contributed by atoms with Gasteiger partial charge in [-0.3, -0.25) is 9.59 Å². The topological polar surface area (TPSA) is 105 Å². The molecule has 0 aromatic heterocycles. The first-order valence-corrected chi connectivity index (χ1v) is 10.3. The van der Waals surface area contributed by atoms with E-state index in [2.05, 4.69) is 34.9 Å². The Labute approximate surface area is 181 Å². The molecular formula is C24H26N2O5. The zero-order valence-corrected chi connectivity index (χ0v) is 17.3. The molecule has 0 aliphatic heterocycles. The van der Waals surface area contributed by atoms with Crippen molar-refractivity contribution in [1.29, 1.82) is 0 Å². The lowest BCUT2D eigenvalue weighted by Gasteiger charge is -2.14. The summed E-state index contributed by atoms with van der Waals surface area (Å²) in [6.45, 7) is 2.15. The highest BCUT2D eigenvalue weighted by Gasteiger charge is 2.28. The number of ether oxygens (including phenoxy) is 1. The molecule has 1 aliphatic rings. The zero-order valence-electron chi connectivity index (χ0n) is 17.3. The lowest BCUT2D eigenvalue weighted by molar-refractivity contribution is -0.137. The third-order valence-electron chi connectivity index (χ3n) is 5.24. The summed E-state index contributed by atoms with van der Waals surface area (Å²) in [7, 11) is 0. The molecule has 3 N–H and O–H groups in total. The molecule has 1 atom stereocenters. The summed E-state index contributed by atoms with van der Waals surface area (Å²) in [5.41, 5.74) is 4.60. The van der Waals surface area contributed by atoms with Crippen LogP contribution in [0.1, 0.15) is 36.8 Å². The predicted octanol–water partition coefficient (Wildman–Crippen LogP) is 3.45. The van der Waals surface area contributed by atoms with Gasteiger partial charge in [-0.1, -0.05) is 61.5 Å². The molecule has 0 radical (unpaired) electrons. The van der Waals surface area contributed by atoms with E-state index in [1.54, 1.807) is 6.92 Å². The number of alkyl carbamates (subject to hydrolysis) is 1. The van der Waals surface area contributed by atoms with Gasteiger partial charge >= 0.3 is 12.1 Å². The SMILES string of the molecule is CC[C@@H](CC(=O)O)NC(=O)/C=C/CNC(=O)OCC1c2ccccc2-c2ccccc21. The van der Waals surface area contributed by atoms with Crippen molar-refractivity contribution in [3.05, 3.63) is 71.8 Å². The van der Waals surface area contributed by atoms with E-state index >= 15 is 0 Å². The van der Waals surface area contributed by atoms with Crippen LogP contribution in [0, 0.1) is 0 Å². The third-order valence-corrected chi connectivity index (χ3v) is 5.24. The highest BCUT2D eigenvalue weighted by atomic mass is 16.5. The number of fused-ring (bicyclic) bond motifs is 3. The number of rotatable bonds is 9. The summed E-state index contributed by atoms with van der Waals surface area (Å²) in [5, 5.41) is 14.0. The molecule has 0 spiro atoms. The molecule has 2 aromatic carbocycles. The minimum Gasteiger partial charge on any atom is -0.481 e. The van der Waals surface area contributed by atoms with Crippen LogP contribution in [0.3, 0.4) is 0 Å². The number of carboxylic acid groups (broad SMARTS) is 1. The highest BCUT2D eigenvalue weighted by molar-refractivity contribution is 5.88. The van der Waals surface area contributed by atoms with Crippen molar-refractivity contribution in [3.63, 3.8) is 0 Å². The largest absolute Gasteiger partial charge is 0.481 e. The molecule has 1 aliphatic carbocycles. The minimum absolute atomic E-state index is 0.0142. The third kappa shape index (κ3) is 5.72. The quantitative estimate of drug-likeness (QED) is 0.537. The van der Waals surface area contributed by atoms with Crippen LogP contribution in [-0.2, 0) is 14.3 Å². The van der Waals surface area contributed by atoms with Crippen molar-refractivity contribution in [3.8, 4) is 11.1 Å². The number of amides is 2. The molecule has 0 saturated heterocycles. The summed E-state index contributed by atoms with van der Waals surface area (Å²) in [5.74, 6) is -1.38. The normalized spacial score (nSPS) is 13.3. The van der Waals surface area contributed by atoms with Gasteiger partial charge in [-0.05, 0) is 28.7 Å². The van der Waals surface area contributed by atoms with E-state index in [1.165, 1.54) is 12.2 Å². The van der Waals surface area contributed by atoms with E-state index < -0.39 is 24.0 Å². The van der Waals surface area contributed by atoms with Gasteiger partial charge in [-0.15, -0.1) is 0 Å². The first-order chi connectivity index (χ1) is 15.0. The molecule has 7 nitrogen and oxygen atoms in total. The van der Waals surface area contributed by atoms with E-state index in [4.69, 9.17) is 9.84 Å². The molecule has 162 valence electrons. The van der Waals surface area contributed by atoms with Crippen LogP contribution in [0.5, 0.6) is 0 Å². The number of aliphatic carboxylic acids is 1. The number of benzene rings is 2. The van der Waals surface area contributed by atoms with Gasteiger partial charge < -0.3 is 20.5 Å². The molecule has 0 unspecified atom stereocenters. The molecule has 0 heterocycles. The number of carbonyl (C=O) groups is 3. The van der Waals surface area contributed by atoms with Gasteiger partial charge in [0.05, 0.1) is 6.42 Å². The monoisotopic (exact) mass is 422 g/mol. The highest BCUT2D eigenvalue weighted by Crippen LogP contribution is 2.44. The van der Waals surface area contributed by atoms with Crippen molar-refractivity contribution >= 4 is 18.0 Å². The Morgan fingerprint density at radius 2 is 1.68 bits per heavy atom. The van der Waals surface area contributed by atoms with Crippen LogP contribution in [0.15, 0.2) is 60.7 Å². The van der Waals surface area contributed by atoms with Crippen molar-refractivity contribution in [2.24, 2.45) is 0 Å². The van der Waals surface area contributed by atoms with E-state index in [9.17, 15) is 14.4 Å². The van der Waals surface area contributed by atoms with Crippen molar-refractivity contribution < 1.29 is 24.2 Å². The standard InChI is InChI=1S/C24H26N2O5/c1-2-16(14-23(28)29)26-22(27)12-7-13-25-24(30)31-15-21-19-10-5-3-8-17(19)18-9-4-6-11-20(18)21/h3-12,16,21H,2,13-15H2,1H3,(H,25,30)(H,26,27)(H,28,29)/b12-7+/t16-/m0/s1. The molecular weight excluding hydrogens is 396 g/mol. The Hall–Kier alpha value is -3.61. The first kappa shape index (κ1) is 22.1. The number of hydrogen-bond donors (Lipinski definition) is 3. The summed E-state index contributed by atoms with van der Waals surface area (Å²) >= 11 is 0. The molecule has 2 amide bonds. The number of nitrogens with one attached hydrogen (secondary N) is 2. The van der Waals surface area contributed by atoms with Gasteiger partial charge in [0.2, 0.25) is 5.91 Å². The first-order valence-electron chi connectivity index (χ1n) is 10.3. The molecule has 31 heavy (non-hydrogen) atoms. The summed E-state index contributed by atoms with van der Waals surface area (Å²) in [6, 6.07) is 15.8. The van der Waals surface area contributed by atoms with Crippen molar-refractivity contribution in [2.75, 3.05) is 13.2 Å². The summed E-state index contributed by atoms with van der Waals surface area (Å²) in [4.78, 5) is 34.7. The van der Waals surface area contributed by atoms with Crippen LogP contribution in [0.2, 0.25) is 0 Å². The van der Waals surface area contributed by atoms with Crippen LogP contribution >= 0.6 is 0 Å². The average Bonchev–Trinajstić information content (AvgIpc) is 3.08. The predicted molar refractivity (Wildman–Crippen MR) is 117 cm³/mol. The summed E-state index contributed by atoms with van der Waals surface area (Å²) < 4.78 is 5.42. The summed E-state index contributed by atoms with van der Waals surface area (Å²) in [6.07, 6.45) is 2.58. The van der Waals surface area contributed by atoms with Crippen LogP contribution < -0.4 is 10.6 Å². The molecule has 2 aromatic rings. The maximum Gasteiger partial charge on any atom is 0.407 e. The van der Waals surface area contributed by atoms with Gasteiger partial charge in [0.15, 0.2) is 0 Å². The van der Waals surface area contributed by atoms with Gasteiger partial charge in [0, 0.05) is 24.6 Å². The average molecular weight is 422 g/mol. The molecule has 0 bridgehead atoms. The maximum absolute atomic E-state index is 12.1. The Bertz CT molecular complexity index is 940. The van der Waals surface area contributed by atoms with Crippen molar-refractivity contribution in [2.45, 2.75) is 31.7 Å². The smallest absolute Gasteiger partial charge is 0.407 e. The number of hydrogen-bond acceptors (Lipinski definition) is 4. The van der Waals surface area contributed by atoms with E-state index in [0.29, 0.717) is 6.42 Å². The Morgan fingerprint density at radius 1 is 1.06 bits per heavy atom. The number of carbonyl (C=O) groups excluding carboxylic acids is 2. The van der Waals surface area contributed by atoms with Gasteiger partial charge in [0.25, 0.3) is 0 Å². The second-order valence-electron chi connectivity index (χ2n) is 7.32. The van der Waals surface area contributed by atoms with Crippen LogP contribution in [-0.4, -0.2) is 42.3 Å². The van der Waals surface area contributed by atoms with E-state index in [1.807, 2.05) is 24.3 Å². The molecule has 0 saturated carbocycles. The number of carboxylic acids is 1. The minimum atomic E-state index is -0.965. The van der Waals surface area contributed by atoms with Gasteiger partial charge in [-0.2, -0.15) is 0 Å². The van der Waals surface area contributed by atoms with Gasteiger partial charge in [0.1, 0.15) is 6.61 Å². The maximum atomic E-state index is 12.1. The van der Waals surface area contributed by atoms with E-state index in [0.717, 1.165) is 22.3 Å². The molecule has 0 fully saturated rings. The molecule has 7 heteroatoms. The second-order valence-corrected chi connectivity index (χ2v) is 7.32.